The van der Waals surface area contributed by atoms with Crippen LogP contribution in [0, 0.1) is 11.6 Å². The second-order valence-corrected chi connectivity index (χ2v) is 4.60. The molecule has 0 saturated carbocycles. The summed E-state index contributed by atoms with van der Waals surface area (Å²) in [4.78, 5) is 23.6. The lowest BCUT2D eigenvalue weighted by molar-refractivity contribution is -0.123. The van der Waals surface area contributed by atoms with Gasteiger partial charge in [0.15, 0.2) is 11.6 Å². The number of carbonyl (C=O) groups is 2. The van der Waals surface area contributed by atoms with Crippen molar-refractivity contribution in [2.75, 3.05) is 17.7 Å². The quantitative estimate of drug-likeness (QED) is 0.832. The van der Waals surface area contributed by atoms with E-state index in [0.717, 1.165) is 12.1 Å². The molecule has 7 heteroatoms. The van der Waals surface area contributed by atoms with Crippen LogP contribution < -0.4 is 15.4 Å². The van der Waals surface area contributed by atoms with Crippen LogP contribution in [0.15, 0.2) is 42.5 Å². The lowest BCUT2D eigenvalue weighted by atomic mass is 10.2. The normalized spacial score (nSPS) is 10.0. The van der Waals surface area contributed by atoms with Gasteiger partial charge in [-0.25, -0.2) is 8.78 Å². The van der Waals surface area contributed by atoms with Crippen molar-refractivity contribution in [2.45, 2.75) is 6.42 Å². The monoisotopic (exact) mass is 320 g/mol. The zero-order chi connectivity index (χ0) is 16.8. The zero-order valence-electron chi connectivity index (χ0n) is 12.2. The van der Waals surface area contributed by atoms with Crippen LogP contribution in [0.1, 0.15) is 6.42 Å². The molecule has 120 valence electrons. The van der Waals surface area contributed by atoms with Crippen LogP contribution in [0.3, 0.4) is 0 Å². The van der Waals surface area contributed by atoms with E-state index >= 15 is 0 Å². The van der Waals surface area contributed by atoms with E-state index in [2.05, 4.69) is 10.6 Å². The standard InChI is InChI=1S/C16H14F2N2O3/c1-23-14-5-3-2-4-13(14)20-16(22)9-15(21)19-10-6-7-11(17)12(18)8-10/h2-8H,9H2,1H3,(H,19,21)(H,20,22). The van der Waals surface area contributed by atoms with Crippen LogP contribution in [0.5, 0.6) is 5.75 Å². The molecule has 0 bridgehead atoms. The fourth-order valence-corrected chi connectivity index (χ4v) is 1.87. The van der Waals surface area contributed by atoms with Crippen molar-refractivity contribution in [2.24, 2.45) is 0 Å². The molecule has 0 saturated heterocycles. The number of anilines is 2. The molecule has 5 nitrogen and oxygen atoms in total. The average molecular weight is 320 g/mol. The number of para-hydroxylation sites is 2. The SMILES string of the molecule is COc1ccccc1NC(=O)CC(=O)Nc1ccc(F)c(F)c1. The molecule has 0 aliphatic heterocycles. The molecule has 0 aromatic heterocycles. The van der Waals surface area contributed by atoms with E-state index in [-0.39, 0.29) is 5.69 Å². The third-order valence-electron chi connectivity index (χ3n) is 2.91. The Morgan fingerprint density at radius 1 is 1.00 bits per heavy atom. The van der Waals surface area contributed by atoms with Crippen LogP contribution in [0.2, 0.25) is 0 Å². The number of rotatable bonds is 5. The van der Waals surface area contributed by atoms with Gasteiger partial charge in [0.25, 0.3) is 0 Å². The highest BCUT2D eigenvalue weighted by atomic mass is 19.2. The molecule has 0 radical (unpaired) electrons. The highest BCUT2D eigenvalue weighted by Gasteiger charge is 2.13. The van der Waals surface area contributed by atoms with Gasteiger partial charge in [-0.3, -0.25) is 9.59 Å². The van der Waals surface area contributed by atoms with Gasteiger partial charge in [-0.15, -0.1) is 0 Å². The van der Waals surface area contributed by atoms with Gasteiger partial charge < -0.3 is 15.4 Å². The van der Waals surface area contributed by atoms with Gasteiger partial charge in [0.2, 0.25) is 11.8 Å². The predicted molar refractivity (Wildman–Crippen MR) is 81.2 cm³/mol. The Hall–Kier alpha value is -2.96. The summed E-state index contributed by atoms with van der Waals surface area (Å²) in [7, 11) is 1.46. The molecule has 0 aliphatic carbocycles. The molecule has 0 heterocycles. The molecule has 23 heavy (non-hydrogen) atoms. The van der Waals surface area contributed by atoms with Crippen molar-refractivity contribution in [1.29, 1.82) is 0 Å². The number of benzene rings is 2. The second-order valence-electron chi connectivity index (χ2n) is 4.60. The highest BCUT2D eigenvalue weighted by Crippen LogP contribution is 2.23. The number of carbonyl (C=O) groups excluding carboxylic acids is 2. The number of hydrogen-bond acceptors (Lipinski definition) is 3. The minimum absolute atomic E-state index is 0.0685. The van der Waals surface area contributed by atoms with Gasteiger partial charge in [-0.1, -0.05) is 12.1 Å². The Morgan fingerprint density at radius 3 is 2.39 bits per heavy atom. The molecule has 0 fully saturated rings. The summed E-state index contributed by atoms with van der Waals surface area (Å²) >= 11 is 0. The maximum Gasteiger partial charge on any atom is 0.233 e. The summed E-state index contributed by atoms with van der Waals surface area (Å²) < 4.78 is 30.9. The van der Waals surface area contributed by atoms with E-state index in [1.807, 2.05) is 0 Å². The third kappa shape index (κ3) is 4.50. The molecule has 2 rings (SSSR count). The van der Waals surface area contributed by atoms with Gasteiger partial charge in [0.05, 0.1) is 12.8 Å². The van der Waals surface area contributed by atoms with Gasteiger partial charge in [0.1, 0.15) is 12.2 Å². The smallest absolute Gasteiger partial charge is 0.233 e. The van der Waals surface area contributed by atoms with Crippen LogP contribution in [0.4, 0.5) is 20.2 Å². The Labute approximate surface area is 131 Å². The molecule has 0 unspecified atom stereocenters. The number of hydrogen-bond donors (Lipinski definition) is 2. The van der Waals surface area contributed by atoms with Crippen LogP contribution >= 0.6 is 0 Å². The number of halogens is 2. The van der Waals surface area contributed by atoms with Crippen molar-refractivity contribution in [3.63, 3.8) is 0 Å². The lowest BCUT2D eigenvalue weighted by Crippen LogP contribution is -2.21. The average Bonchev–Trinajstić information content (AvgIpc) is 2.51. The van der Waals surface area contributed by atoms with E-state index in [4.69, 9.17) is 4.74 Å². The highest BCUT2D eigenvalue weighted by molar-refractivity contribution is 6.08. The molecule has 2 aromatic carbocycles. The Morgan fingerprint density at radius 2 is 1.70 bits per heavy atom. The maximum atomic E-state index is 13.0. The Balaban J connectivity index is 1.94. The topological polar surface area (TPSA) is 67.4 Å². The van der Waals surface area contributed by atoms with Crippen LogP contribution in [0.25, 0.3) is 0 Å². The first-order chi connectivity index (χ1) is 11.0. The van der Waals surface area contributed by atoms with Crippen LogP contribution in [-0.2, 0) is 9.59 Å². The summed E-state index contributed by atoms with van der Waals surface area (Å²) in [6.07, 6.45) is -0.475. The van der Waals surface area contributed by atoms with Crippen molar-refractivity contribution < 1.29 is 23.1 Å². The minimum atomic E-state index is -1.08. The molecular weight excluding hydrogens is 306 g/mol. The van der Waals surface area contributed by atoms with Gasteiger partial charge >= 0.3 is 0 Å². The van der Waals surface area contributed by atoms with E-state index in [1.54, 1.807) is 24.3 Å². The lowest BCUT2D eigenvalue weighted by Gasteiger charge is -2.10. The molecule has 2 amide bonds. The Bertz CT molecular complexity index is 735. The molecule has 2 N–H and O–H groups in total. The van der Waals surface area contributed by atoms with Crippen molar-refractivity contribution in [3.8, 4) is 5.75 Å². The van der Waals surface area contributed by atoms with E-state index in [0.29, 0.717) is 11.4 Å². The molecular formula is C16H14F2N2O3. The summed E-state index contributed by atoms with van der Waals surface area (Å²) in [5.74, 6) is -2.85. The second kappa shape index (κ2) is 7.35. The third-order valence-corrected chi connectivity index (χ3v) is 2.91. The van der Waals surface area contributed by atoms with Crippen molar-refractivity contribution >= 4 is 23.2 Å². The van der Waals surface area contributed by atoms with E-state index in [1.165, 1.54) is 13.2 Å². The predicted octanol–water partition coefficient (Wildman–Crippen LogP) is 2.94. The number of ether oxygens (including phenoxy) is 1. The first-order valence-corrected chi connectivity index (χ1v) is 6.67. The zero-order valence-corrected chi connectivity index (χ0v) is 12.2. The molecule has 0 spiro atoms. The summed E-state index contributed by atoms with van der Waals surface area (Å²) in [5, 5.41) is 4.86. The van der Waals surface area contributed by atoms with E-state index < -0.39 is 29.9 Å². The minimum Gasteiger partial charge on any atom is -0.495 e. The molecule has 2 aromatic rings. The fourth-order valence-electron chi connectivity index (χ4n) is 1.87. The first kappa shape index (κ1) is 16.4. The van der Waals surface area contributed by atoms with Crippen molar-refractivity contribution in [1.82, 2.24) is 0 Å². The summed E-state index contributed by atoms with van der Waals surface area (Å²) in [5.41, 5.74) is 0.500. The number of nitrogens with one attached hydrogen (secondary N) is 2. The Kier molecular flexibility index (Phi) is 5.24. The maximum absolute atomic E-state index is 13.0. The largest absolute Gasteiger partial charge is 0.495 e. The first-order valence-electron chi connectivity index (χ1n) is 6.67. The molecule has 0 aliphatic rings. The van der Waals surface area contributed by atoms with Gasteiger partial charge in [0, 0.05) is 11.8 Å². The number of methoxy groups -OCH3 is 1. The fraction of sp³-hybridized carbons (Fsp3) is 0.125. The van der Waals surface area contributed by atoms with Gasteiger partial charge in [-0.2, -0.15) is 0 Å². The summed E-state index contributed by atoms with van der Waals surface area (Å²) in [6.45, 7) is 0. The number of amides is 2. The van der Waals surface area contributed by atoms with Crippen molar-refractivity contribution in [3.05, 3.63) is 54.1 Å². The van der Waals surface area contributed by atoms with Crippen LogP contribution in [-0.4, -0.2) is 18.9 Å². The van der Waals surface area contributed by atoms with Gasteiger partial charge in [-0.05, 0) is 24.3 Å². The summed E-state index contributed by atoms with van der Waals surface area (Å²) in [6, 6.07) is 9.67. The molecule has 0 atom stereocenters. The van der Waals surface area contributed by atoms with E-state index in [9.17, 15) is 18.4 Å².